The second-order valence-electron chi connectivity index (χ2n) is 5.87. The van der Waals surface area contributed by atoms with Crippen molar-refractivity contribution in [2.45, 2.75) is 6.61 Å². The van der Waals surface area contributed by atoms with Crippen LogP contribution in [0.5, 0.6) is 0 Å². The van der Waals surface area contributed by atoms with E-state index in [2.05, 4.69) is 15.2 Å². The summed E-state index contributed by atoms with van der Waals surface area (Å²) in [7, 11) is 0. The lowest BCUT2D eigenvalue weighted by atomic mass is 10.1. The van der Waals surface area contributed by atoms with Crippen LogP contribution in [0.4, 0.5) is 5.69 Å². The third-order valence-electron chi connectivity index (χ3n) is 4.00. The Labute approximate surface area is 163 Å². The molecule has 0 N–H and O–H groups in total. The lowest BCUT2D eigenvalue weighted by molar-refractivity contribution is -0.384. The molecule has 144 valence electrons. The van der Waals surface area contributed by atoms with Gasteiger partial charge in [-0.2, -0.15) is 0 Å². The summed E-state index contributed by atoms with van der Waals surface area (Å²) in [6, 6.07) is 13.2. The van der Waals surface area contributed by atoms with Gasteiger partial charge in [0, 0.05) is 24.0 Å². The van der Waals surface area contributed by atoms with E-state index in [0.717, 1.165) is 11.6 Å². The van der Waals surface area contributed by atoms with Crippen molar-refractivity contribution in [3.8, 4) is 17.1 Å². The number of ether oxygens (including phenoxy) is 1. The Balaban J connectivity index is 1.48. The van der Waals surface area contributed by atoms with Crippen LogP contribution in [0.2, 0.25) is 0 Å². The van der Waals surface area contributed by atoms with Gasteiger partial charge in [0.1, 0.15) is 5.69 Å². The first-order valence-corrected chi connectivity index (χ1v) is 8.43. The van der Waals surface area contributed by atoms with Gasteiger partial charge in [0.2, 0.25) is 5.89 Å². The van der Waals surface area contributed by atoms with Crippen molar-refractivity contribution >= 4 is 11.7 Å². The van der Waals surface area contributed by atoms with Crippen molar-refractivity contribution in [1.29, 1.82) is 0 Å². The van der Waals surface area contributed by atoms with E-state index in [1.807, 2.05) is 30.3 Å². The number of nitro benzene ring substituents is 1. The van der Waals surface area contributed by atoms with E-state index in [4.69, 9.17) is 9.15 Å². The van der Waals surface area contributed by atoms with Crippen LogP contribution in [0.15, 0.2) is 71.7 Å². The van der Waals surface area contributed by atoms with Crippen molar-refractivity contribution in [3.63, 3.8) is 0 Å². The zero-order valence-electron chi connectivity index (χ0n) is 14.8. The van der Waals surface area contributed by atoms with Crippen molar-refractivity contribution in [2.24, 2.45) is 0 Å². The molecule has 0 amide bonds. The quantitative estimate of drug-likeness (QED) is 0.279. The molecule has 2 aromatic carbocycles. The van der Waals surface area contributed by atoms with Gasteiger partial charge in [-0.1, -0.05) is 18.2 Å². The van der Waals surface area contributed by atoms with Gasteiger partial charge in [-0.25, -0.2) is 9.78 Å². The van der Waals surface area contributed by atoms with Crippen LogP contribution in [0.1, 0.15) is 16.2 Å². The first kappa shape index (κ1) is 18.0. The van der Waals surface area contributed by atoms with Crippen molar-refractivity contribution in [3.05, 3.63) is 88.8 Å². The second-order valence-corrected chi connectivity index (χ2v) is 5.87. The molecule has 0 aliphatic heterocycles. The van der Waals surface area contributed by atoms with Crippen LogP contribution >= 0.6 is 0 Å². The molecule has 0 fully saturated rings. The first-order chi connectivity index (χ1) is 14.1. The topological polar surface area (TPSA) is 126 Å². The van der Waals surface area contributed by atoms with E-state index in [1.165, 1.54) is 29.2 Å². The Bertz CT molecular complexity index is 1150. The average Bonchev–Trinajstić information content (AvgIpc) is 3.44. The molecular weight excluding hydrogens is 378 g/mol. The Hall–Kier alpha value is -4.34. The molecule has 0 unspecified atom stereocenters. The predicted octanol–water partition coefficient (Wildman–Crippen LogP) is 3.19. The summed E-state index contributed by atoms with van der Waals surface area (Å²) in [5.74, 6) is -0.330. The van der Waals surface area contributed by atoms with Crippen LogP contribution in [0, 0.1) is 10.1 Å². The van der Waals surface area contributed by atoms with E-state index < -0.39 is 10.9 Å². The van der Waals surface area contributed by atoms with Crippen LogP contribution in [0.3, 0.4) is 0 Å². The SMILES string of the molecule is O=C(OCc1nnc(-c2ccccc2)o1)c1ccc(-n2ccnc2)c([N+](=O)[O-])c1. The summed E-state index contributed by atoms with van der Waals surface area (Å²) in [6.45, 7) is -0.254. The Morgan fingerprint density at radius 2 is 2.00 bits per heavy atom. The molecule has 2 aromatic heterocycles. The molecule has 10 nitrogen and oxygen atoms in total. The van der Waals surface area contributed by atoms with Crippen LogP contribution < -0.4 is 0 Å². The standard InChI is InChI=1S/C19H13N5O5/c25-19(28-11-17-21-22-18(29-17)13-4-2-1-3-5-13)14-6-7-15(16(10-14)24(26)27)23-9-8-20-12-23/h1-10,12H,11H2. The second kappa shape index (κ2) is 7.72. The number of benzene rings is 2. The molecule has 10 heteroatoms. The number of carbonyl (C=O) groups excluding carboxylic acids is 1. The number of aromatic nitrogens is 4. The predicted molar refractivity (Wildman–Crippen MR) is 99.1 cm³/mol. The number of rotatable bonds is 6. The summed E-state index contributed by atoms with van der Waals surface area (Å²) >= 11 is 0. The Morgan fingerprint density at radius 3 is 2.72 bits per heavy atom. The van der Waals surface area contributed by atoms with Crippen molar-refractivity contribution in [2.75, 3.05) is 0 Å². The smallest absolute Gasteiger partial charge is 0.338 e. The van der Waals surface area contributed by atoms with E-state index >= 15 is 0 Å². The largest absolute Gasteiger partial charge is 0.452 e. The van der Waals surface area contributed by atoms with Gasteiger partial charge < -0.3 is 13.7 Å². The molecule has 29 heavy (non-hydrogen) atoms. The number of imidazole rings is 1. The maximum absolute atomic E-state index is 12.3. The fraction of sp³-hybridized carbons (Fsp3) is 0.0526. The van der Waals surface area contributed by atoms with Crippen LogP contribution in [-0.2, 0) is 11.3 Å². The maximum atomic E-state index is 12.3. The van der Waals surface area contributed by atoms with E-state index in [9.17, 15) is 14.9 Å². The third kappa shape index (κ3) is 3.86. The number of nitro groups is 1. The molecule has 0 aliphatic rings. The molecule has 0 atom stereocenters. The highest BCUT2D eigenvalue weighted by Gasteiger charge is 2.20. The van der Waals surface area contributed by atoms with Gasteiger partial charge in [-0.05, 0) is 24.3 Å². The summed E-state index contributed by atoms with van der Waals surface area (Å²) in [4.78, 5) is 27.0. The highest BCUT2D eigenvalue weighted by molar-refractivity contribution is 5.90. The minimum Gasteiger partial charge on any atom is -0.452 e. The summed E-state index contributed by atoms with van der Waals surface area (Å²) in [6.07, 6.45) is 4.50. The normalized spacial score (nSPS) is 10.6. The van der Waals surface area contributed by atoms with Gasteiger partial charge in [0.05, 0.1) is 16.8 Å². The maximum Gasteiger partial charge on any atom is 0.338 e. The molecule has 0 radical (unpaired) electrons. The minimum atomic E-state index is -0.746. The number of hydrogen-bond acceptors (Lipinski definition) is 8. The van der Waals surface area contributed by atoms with E-state index in [1.54, 1.807) is 6.20 Å². The summed E-state index contributed by atoms with van der Waals surface area (Å²) in [5.41, 5.74) is 0.807. The monoisotopic (exact) mass is 391 g/mol. The van der Waals surface area contributed by atoms with Gasteiger partial charge in [0.15, 0.2) is 6.61 Å². The molecule has 0 saturated carbocycles. The van der Waals surface area contributed by atoms with Crippen LogP contribution in [-0.4, -0.2) is 30.6 Å². The minimum absolute atomic E-state index is 0.0309. The third-order valence-corrected chi connectivity index (χ3v) is 4.00. The molecule has 0 saturated heterocycles. The van der Waals surface area contributed by atoms with E-state index in [0.29, 0.717) is 5.89 Å². The summed E-state index contributed by atoms with van der Waals surface area (Å²) in [5, 5.41) is 19.1. The van der Waals surface area contributed by atoms with Crippen molar-refractivity contribution < 1.29 is 18.9 Å². The zero-order chi connectivity index (χ0) is 20.2. The van der Waals surface area contributed by atoms with Gasteiger partial charge in [0.25, 0.3) is 11.6 Å². The fourth-order valence-electron chi connectivity index (χ4n) is 2.64. The lowest BCUT2D eigenvalue weighted by Crippen LogP contribution is -2.07. The number of nitrogens with zero attached hydrogens (tertiary/aromatic N) is 5. The molecular formula is C19H13N5O5. The van der Waals surface area contributed by atoms with Crippen LogP contribution in [0.25, 0.3) is 17.1 Å². The molecule has 0 spiro atoms. The summed E-state index contributed by atoms with van der Waals surface area (Å²) < 4.78 is 12.1. The van der Waals surface area contributed by atoms with Gasteiger partial charge in [-0.3, -0.25) is 10.1 Å². The van der Waals surface area contributed by atoms with Crippen molar-refractivity contribution in [1.82, 2.24) is 19.7 Å². The molecule has 4 aromatic rings. The van der Waals surface area contributed by atoms with E-state index in [-0.39, 0.29) is 29.4 Å². The Morgan fingerprint density at radius 1 is 1.17 bits per heavy atom. The Kier molecular flexibility index (Phi) is 4.81. The lowest BCUT2D eigenvalue weighted by Gasteiger charge is -2.06. The number of hydrogen-bond donors (Lipinski definition) is 0. The molecule has 0 aliphatic carbocycles. The molecule has 2 heterocycles. The highest BCUT2D eigenvalue weighted by Crippen LogP contribution is 2.25. The molecule has 0 bridgehead atoms. The van der Waals surface area contributed by atoms with Gasteiger partial charge in [-0.15, -0.1) is 10.2 Å². The molecule has 4 rings (SSSR count). The zero-order valence-corrected chi connectivity index (χ0v) is 14.8. The first-order valence-electron chi connectivity index (χ1n) is 8.43. The highest BCUT2D eigenvalue weighted by atomic mass is 16.6. The average molecular weight is 391 g/mol. The number of carbonyl (C=O) groups is 1. The number of esters is 1. The fourth-order valence-corrected chi connectivity index (χ4v) is 2.64. The van der Waals surface area contributed by atoms with Gasteiger partial charge >= 0.3 is 5.97 Å².